The molecule has 0 saturated carbocycles. The molecule has 0 amide bonds. The van der Waals surface area contributed by atoms with Crippen LogP contribution in [0.4, 0.5) is 0 Å². The van der Waals surface area contributed by atoms with Gasteiger partial charge in [-0.3, -0.25) is 9.13 Å². The van der Waals surface area contributed by atoms with Crippen molar-refractivity contribution in [2.24, 2.45) is 0 Å². The number of aromatic nitrogens is 6. The molecule has 0 saturated heterocycles. The molecule has 0 spiro atoms. The lowest BCUT2D eigenvalue weighted by Crippen LogP contribution is -2.17. The molecule has 0 N–H and O–H groups in total. The Morgan fingerprint density at radius 2 is 1.41 bits per heavy atom. The molecule has 4 rings (SSSR count). The van der Waals surface area contributed by atoms with Crippen molar-refractivity contribution in [3.05, 3.63) is 56.2 Å². The van der Waals surface area contributed by atoms with Gasteiger partial charge in [0.1, 0.15) is 17.2 Å². The van der Waals surface area contributed by atoms with Gasteiger partial charge in [-0.25, -0.2) is 19.9 Å². The Hall–Kier alpha value is -2.76. The standard InChI is InChI=1S/C16H15N6/c1-2-5-14(21-10-19-12-6-3-8-17-15(12)21)22-11-20-13-7-4-9-18-16(13)22/h3-4,6-11,14H,1-2,5H2. The highest BCUT2D eigenvalue weighted by Gasteiger charge is 2.18. The highest BCUT2D eigenvalue weighted by Crippen LogP contribution is 2.24. The van der Waals surface area contributed by atoms with E-state index in [9.17, 15) is 0 Å². The molecule has 6 heteroatoms. The normalized spacial score (nSPS) is 11.7. The molecular formula is C16H15N6. The first-order chi connectivity index (χ1) is 10.9. The molecule has 1 radical (unpaired) electrons. The van der Waals surface area contributed by atoms with Gasteiger partial charge >= 0.3 is 0 Å². The van der Waals surface area contributed by atoms with E-state index in [-0.39, 0.29) is 6.17 Å². The Morgan fingerprint density at radius 3 is 1.91 bits per heavy atom. The zero-order valence-corrected chi connectivity index (χ0v) is 12.0. The number of imidazole rings is 2. The monoisotopic (exact) mass is 291 g/mol. The zero-order valence-electron chi connectivity index (χ0n) is 12.0. The molecule has 6 nitrogen and oxygen atoms in total. The average molecular weight is 291 g/mol. The van der Waals surface area contributed by atoms with Crippen LogP contribution in [0.2, 0.25) is 0 Å². The largest absolute Gasteiger partial charge is 0.293 e. The van der Waals surface area contributed by atoms with Crippen LogP contribution in [0.1, 0.15) is 19.0 Å². The second-order valence-electron chi connectivity index (χ2n) is 5.12. The number of pyridine rings is 2. The lowest BCUT2D eigenvalue weighted by molar-refractivity contribution is 0.418. The van der Waals surface area contributed by atoms with Crippen molar-refractivity contribution in [2.45, 2.75) is 19.0 Å². The molecule has 22 heavy (non-hydrogen) atoms. The summed E-state index contributed by atoms with van der Waals surface area (Å²) >= 11 is 0. The third-order valence-corrected chi connectivity index (χ3v) is 3.77. The van der Waals surface area contributed by atoms with E-state index in [1.807, 2.05) is 36.9 Å². The van der Waals surface area contributed by atoms with Crippen LogP contribution in [-0.4, -0.2) is 29.1 Å². The minimum absolute atomic E-state index is 0.0114. The number of rotatable bonds is 4. The van der Waals surface area contributed by atoms with Gasteiger partial charge in [-0.05, 0) is 37.1 Å². The Balaban J connectivity index is 1.91. The first kappa shape index (κ1) is 12.9. The topological polar surface area (TPSA) is 61.4 Å². The third kappa shape index (κ3) is 1.95. The van der Waals surface area contributed by atoms with Gasteiger partial charge in [-0.2, -0.15) is 0 Å². The van der Waals surface area contributed by atoms with E-state index in [2.05, 4.69) is 36.0 Å². The Labute approximate surface area is 127 Å². The molecule has 0 fully saturated rings. The molecule has 0 aliphatic heterocycles. The van der Waals surface area contributed by atoms with Crippen LogP contribution in [0.5, 0.6) is 0 Å². The van der Waals surface area contributed by atoms with Gasteiger partial charge in [0.25, 0.3) is 0 Å². The van der Waals surface area contributed by atoms with Gasteiger partial charge in [0, 0.05) is 12.4 Å². The van der Waals surface area contributed by atoms with E-state index in [0.717, 1.165) is 35.2 Å². The summed E-state index contributed by atoms with van der Waals surface area (Å²) < 4.78 is 4.13. The molecule has 0 unspecified atom stereocenters. The van der Waals surface area contributed by atoms with Gasteiger partial charge in [0.2, 0.25) is 0 Å². The molecule has 4 heterocycles. The average Bonchev–Trinajstić information content (AvgIpc) is 3.17. The quantitative estimate of drug-likeness (QED) is 0.580. The summed E-state index contributed by atoms with van der Waals surface area (Å²) in [5, 5.41) is 0. The van der Waals surface area contributed by atoms with Crippen LogP contribution >= 0.6 is 0 Å². The Morgan fingerprint density at radius 1 is 0.864 bits per heavy atom. The van der Waals surface area contributed by atoms with Crippen molar-refractivity contribution in [1.29, 1.82) is 0 Å². The molecule has 0 bridgehead atoms. The maximum atomic E-state index is 4.46. The Bertz CT molecular complexity index is 848. The van der Waals surface area contributed by atoms with Gasteiger partial charge < -0.3 is 0 Å². The minimum atomic E-state index is 0.0114. The minimum Gasteiger partial charge on any atom is -0.293 e. The summed E-state index contributed by atoms with van der Waals surface area (Å²) in [7, 11) is 0. The second kappa shape index (κ2) is 5.22. The van der Waals surface area contributed by atoms with Crippen molar-refractivity contribution >= 4 is 22.3 Å². The summed E-state index contributed by atoms with van der Waals surface area (Å²) in [5.74, 6) is 0. The fourth-order valence-electron chi connectivity index (χ4n) is 2.77. The molecule has 0 aliphatic rings. The van der Waals surface area contributed by atoms with E-state index in [1.54, 1.807) is 12.4 Å². The smallest absolute Gasteiger partial charge is 0.161 e. The lowest BCUT2D eigenvalue weighted by atomic mass is 10.2. The van der Waals surface area contributed by atoms with Crippen molar-refractivity contribution < 1.29 is 0 Å². The molecule has 4 aromatic heterocycles. The van der Waals surface area contributed by atoms with Crippen LogP contribution in [0.3, 0.4) is 0 Å². The van der Waals surface area contributed by atoms with Gasteiger partial charge in [-0.1, -0.05) is 6.92 Å². The first-order valence-corrected chi connectivity index (χ1v) is 7.23. The summed E-state index contributed by atoms with van der Waals surface area (Å²) in [6, 6.07) is 7.71. The highest BCUT2D eigenvalue weighted by atomic mass is 15.3. The third-order valence-electron chi connectivity index (χ3n) is 3.77. The van der Waals surface area contributed by atoms with E-state index >= 15 is 0 Å². The lowest BCUT2D eigenvalue weighted by Gasteiger charge is -2.20. The van der Waals surface area contributed by atoms with Crippen LogP contribution in [0.15, 0.2) is 49.3 Å². The molecule has 0 atom stereocenters. The summed E-state index contributed by atoms with van der Waals surface area (Å²) in [5.41, 5.74) is 3.49. The molecule has 4 aromatic rings. The summed E-state index contributed by atoms with van der Waals surface area (Å²) in [4.78, 5) is 17.8. The Kier molecular flexibility index (Phi) is 3.07. The number of hydrogen-bond acceptors (Lipinski definition) is 4. The molecule has 0 aromatic carbocycles. The first-order valence-electron chi connectivity index (χ1n) is 7.23. The van der Waals surface area contributed by atoms with Crippen LogP contribution < -0.4 is 0 Å². The van der Waals surface area contributed by atoms with Crippen molar-refractivity contribution in [1.82, 2.24) is 29.1 Å². The highest BCUT2D eigenvalue weighted by molar-refractivity contribution is 5.72. The second-order valence-corrected chi connectivity index (χ2v) is 5.12. The predicted molar refractivity (Wildman–Crippen MR) is 84.1 cm³/mol. The molecule has 109 valence electrons. The number of nitrogens with zero attached hydrogens (tertiary/aromatic N) is 6. The van der Waals surface area contributed by atoms with E-state index in [4.69, 9.17) is 0 Å². The van der Waals surface area contributed by atoms with Gasteiger partial charge in [-0.15, -0.1) is 0 Å². The van der Waals surface area contributed by atoms with E-state index in [0.29, 0.717) is 0 Å². The van der Waals surface area contributed by atoms with Crippen molar-refractivity contribution in [3.8, 4) is 0 Å². The van der Waals surface area contributed by atoms with Gasteiger partial charge in [0.15, 0.2) is 11.3 Å². The number of hydrogen-bond donors (Lipinski definition) is 0. The maximum Gasteiger partial charge on any atom is 0.161 e. The molecule has 0 aliphatic carbocycles. The van der Waals surface area contributed by atoms with Crippen LogP contribution in [0, 0.1) is 6.92 Å². The molecular weight excluding hydrogens is 276 g/mol. The van der Waals surface area contributed by atoms with Crippen molar-refractivity contribution in [3.63, 3.8) is 0 Å². The predicted octanol–water partition coefficient (Wildman–Crippen LogP) is 2.84. The van der Waals surface area contributed by atoms with Gasteiger partial charge in [0.05, 0.1) is 12.7 Å². The zero-order chi connectivity index (χ0) is 14.9. The summed E-state index contributed by atoms with van der Waals surface area (Å²) in [6.45, 7) is 4.00. The van der Waals surface area contributed by atoms with Crippen molar-refractivity contribution in [2.75, 3.05) is 0 Å². The fraction of sp³-hybridized carbons (Fsp3) is 0.188. The van der Waals surface area contributed by atoms with Crippen LogP contribution in [0.25, 0.3) is 22.3 Å². The maximum absolute atomic E-state index is 4.46. The van der Waals surface area contributed by atoms with Crippen LogP contribution in [-0.2, 0) is 0 Å². The number of fused-ring (bicyclic) bond motifs is 2. The fourth-order valence-corrected chi connectivity index (χ4v) is 2.77. The SMILES string of the molecule is [CH2]CCC(n1cnc2cccnc21)n1cnc2cccnc21. The van der Waals surface area contributed by atoms with E-state index in [1.165, 1.54) is 0 Å². The summed E-state index contributed by atoms with van der Waals surface area (Å²) in [6.07, 6.45) is 8.88. The van der Waals surface area contributed by atoms with E-state index < -0.39 is 0 Å².